The lowest BCUT2D eigenvalue weighted by Gasteiger charge is -2.11. The Kier molecular flexibility index (Phi) is 5.12. The van der Waals surface area contributed by atoms with Gasteiger partial charge in [0.05, 0.1) is 11.3 Å². The zero-order chi connectivity index (χ0) is 17.6. The highest BCUT2D eigenvalue weighted by atomic mass is 35.5. The van der Waals surface area contributed by atoms with Crippen LogP contribution in [0.2, 0.25) is 5.02 Å². The third kappa shape index (κ3) is 4.46. The number of aromatic nitrogens is 2. The Morgan fingerprint density at radius 1 is 1.04 bits per heavy atom. The molecule has 0 radical (unpaired) electrons. The number of benzene rings is 2. The smallest absolute Gasteiger partial charge is 0.136 e. The highest BCUT2D eigenvalue weighted by Gasteiger charge is 2.05. The summed E-state index contributed by atoms with van der Waals surface area (Å²) in [5.74, 6) is 1.98. The molecule has 0 bridgehead atoms. The van der Waals surface area contributed by atoms with Crippen molar-refractivity contribution in [2.24, 2.45) is 0 Å². The van der Waals surface area contributed by atoms with Crippen LogP contribution in [0.1, 0.15) is 17.0 Å². The van der Waals surface area contributed by atoms with Crippen molar-refractivity contribution in [3.63, 3.8) is 0 Å². The van der Waals surface area contributed by atoms with Gasteiger partial charge in [0.1, 0.15) is 23.5 Å². The molecule has 3 rings (SSSR count). The molecule has 0 saturated heterocycles. The van der Waals surface area contributed by atoms with Crippen LogP contribution in [-0.2, 0) is 6.54 Å². The Balaban J connectivity index is 1.76. The van der Waals surface area contributed by atoms with Crippen LogP contribution in [0.25, 0.3) is 0 Å². The minimum Gasteiger partial charge on any atom is -0.366 e. The molecule has 0 fully saturated rings. The summed E-state index contributed by atoms with van der Waals surface area (Å²) < 4.78 is 0. The minimum atomic E-state index is 0.564. The van der Waals surface area contributed by atoms with Gasteiger partial charge in [-0.25, -0.2) is 9.97 Å². The number of halogens is 1. The Labute approximate surface area is 151 Å². The second-order valence-electron chi connectivity index (χ2n) is 5.45. The molecule has 0 amide bonds. The van der Waals surface area contributed by atoms with E-state index in [9.17, 15) is 5.26 Å². The molecule has 2 aromatic carbocycles. The topological polar surface area (TPSA) is 73.6 Å². The van der Waals surface area contributed by atoms with Crippen LogP contribution in [0.5, 0.6) is 0 Å². The molecule has 3 aromatic rings. The van der Waals surface area contributed by atoms with Gasteiger partial charge in [-0.15, -0.1) is 0 Å². The quantitative estimate of drug-likeness (QED) is 0.700. The lowest BCUT2D eigenvalue weighted by molar-refractivity contribution is 1.03. The van der Waals surface area contributed by atoms with Gasteiger partial charge in [0.15, 0.2) is 0 Å². The summed E-state index contributed by atoms with van der Waals surface area (Å²) in [6, 6.07) is 18.9. The summed E-state index contributed by atoms with van der Waals surface area (Å²) >= 11 is 5.90. The zero-order valence-corrected chi connectivity index (χ0v) is 14.4. The van der Waals surface area contributed by atoms with Gasteiger partial charge in [-0.2, -0.15) is 5.26 Å². The zero-order valence-electron chi connectivity index (χ0n) is 13.6. The molecule has 0 saturated carbocycles. The summed E-state index contributed by atoms with van der Waals surface area (Å²) in [6.45, 7) is 2.46. The summed E-state index contributed by atoms with van der Waals surface area (Å²) in [5.41, 5.74) is 2.38. The molecular formula is C19H16ClN5. The average Bonchev–Trinajstić information content (AvgIpc) is 2.61. The maximum absolute atomic E-state index is 9.19. The first-order valence-corrected chi connectivity index (χ1v) is 8.12. The van der Waals surface area contributed by atoms with Gasteiger partial charge in [0.2, 0.25) is 0 Å². The van der Waals surface area contributed by atoms with Gasteiger partial charge in [0, 0.05) is 17.6 Å². The fraction of sp³-hybridized carbons (Fsp3) is 0.105. The fourth-order valence-electron chi connectivity index (χ4n) is 2.34. The molecule has 0 aliphatic carbocycles. The van der Waals surface area contributed by atoms with E-state index in [-0.39, 0.29) is 0 Å². The Hall–Kier alpha value is -3.10. The van der Waals surface area contributed by atoms with E-state index in [4.69, 9.17) is 11.6 Å². The molecule has 0 spiro atoms. The lowest BCUT2D eigenvalue weighted by Crippen LogP contribution is -2.05. The van der Waals surface area contributed by atoms with Crippen molar-refractivity contribution in [2.45, 2.75) is 13.5 Å². The summed E-state index contributed by atoms with van der Waals surface area (Å²) in [4.78, 5) is 8.78. The predicted octanol–water partition coefficient (Wildman–Crippen LogP) is 4.67. The van der Waals surface area contributed by atoms with Crippen molar-refractivity contribution in [3.05, 3.63) is 76.6 Å². The van der Waals surface area contributed by atoms with Gasteiger partial charge in [-0.3, -0.25) is 0 Å². The van der Waals surface area contributed by atoms with E-state index >= 15 is 0 Å². The van der Waals surface area contributed by atoms with Crippen LogP contribution in [0, 0.1) is 18.3 Å². The third-order valence-corrected chi connectivity index (χ3v) is 3.79. The minimum absolute atomic E-state index is 0.564. The predicted molar refractivity (Wildman–Crippen MR) is 100.0 cm³/mol. The van der Waals surface area contributed by atoms with Crippen molar-refractivity contribution in [1.82, 2.24) is 9.97 Å². The van der Waals surface area contributed by atoms with Crippen LogP contribution in [0.3, 0.4) is 0 Å². The van der Waals surface area contributed by atoms with Crippen LogP contribution >= 0.6 is 11.6 Å². The van der Waals surface area contributed by atoms with Crippen molar-refractivity contribution in [2.75, 3.05) is 10.6 Å². The summed E-state index contributed by atoms with van der Waals surface area (Å²) in [7, 11) is 0. The average molecular weight is 350 g/mol. The maximum Gasteiger partial charge on any atom is 0.136 e. The maximum atomic E-state index is 9.19. The van der Waals surface area contributed by atoms with E-state index < -0.39 is 0 Å². The van der Waals surface area contributed by atoms with Crippen LogP contribution in [0.4, 0.5) is 17.3 Å². The molecule has 25 heavy (non-hydrogen) atoms. The summed E-state index contributed by atoms with van der Waals surface area (Å²) in [6.07, 6.45) is 0. The van der Waals surface area contributed by atoms with Gasteiger partial charge in [-0.05, 0) is 36.8 Å². The number of nitriles is 1. The third-order valence-electron chi connectivity index (χ3n) is 3.54. The molecule has 0 atom stereocenters. The lowest BCUT2D eigenvalue weighted by atomic mass is 10.2. The normalized spacial score (nSPS) is 10.1. The van der Waals surface area contributed by atoms with Gasteiger partial charge in [-0.1, -0.05) is 35.9 Å². The Morgan fingerprint density at radius 3 is 2.52 bits per heavy atom. The fourth-order valence-corrected chi connectivity index (χ4v) is 2.47. The number of anilines is 3. The number of para-hydroxylation sites is 1. The molecule has 124 valence electrons. The molecule has 2 N–H and O–H groups in total. The molecular weight excluding hydrogens is 334 g/mol. The van der Waals surface area contributed by atoms with Crippen molar-refractivity contribution in [1.29, 1.82) is 5.26 Å². The van der Waals surface area contributed by atoms with E-state index in [0.29, 0.717) is 40.3 Å². The second kappa shape index (κ2) is 7.65. The van der Waals surface area contributed by atoms with E-state index in [2.05, 4.69) is 26.7 Å². The van der Waals surface area contributed by atoms with E-state index in [1.54, 1.807) is 6.07 Å². The Morgan fingerprint density at radius 2 is 1.76 bits per heavy atom. The SMILES string of the molecule is Cc1nc(NCc2ccc(Cl)cc2)cc(Nc2ccccc2C#N)n1. The molecule has 1 heterocycles. The molecule has 0 unspecified atom stereocenters. The Bertz CT molecular complexity index is 916. The standard InChI is InChI=1S/C19H16ClN5/c1-13-23-18(22-12-14-6-8-16(20)9-7-14)10-19(24-13)25-17-5-3-2-4-15(17)11-21/h2-10H,12H2,1H3,(H2,22,23,24,25). The van der Waals surface area contributed by atoms with E-state index in [1.165, 1.54) is 0 Å². The molecule has 0 aliphatic heterocycles. The van der Waals surface area contributed by atoms with Crippen LogP contribution in [0.15, 0.2) is 54.6 Å². The van der Waals surface area contributed by atoms with Crippen LogP contribution < -0.4 is 10.6 Å². The highest BCUT2D eigenvalue weighted by molar-refractivity contribution is 6.30. The van der Waals surface area contributed by atoms with Crippen LogP contribution in [-0.4, -0.2) is 9.97 Å². The first kappa shape index (κ1) is 16.7. The molecule has 1 aromatic heterocycles. The number of nitrogens with zero attached hydrogens (tertiary/aromatic N) is 3. The number of aryl methyl sites for hydroxylation is 1. The molecule has 0 aliphatic rings. The monoisotopic (exact) mass is 349 g/mol. The number of rotatable bonds is 5. The van der Waals surface area contributed by atoms with E-state index in [0.717, 1.165) is 5.56 Å². The summed E-state index contributed by atoms with van der Waals surface area (Å²) in [5, 5.41) is 16.4. The number of hydrogen-bond donors (Lipinski definition) is 2. The molecule has 6 heteroatoms. The first-order valence-electron chi connectivity index (χ1n) is 7.74. The second-order valence-corrected chi connectivity index (χ2v) is 5.88. The first-order chi connectivity index (χ1) is 12.1. The largest absolute Gasteiger partial charge is 0.366 e. The molecule has 5 nitrogen and oxygen atoms in total. The van der Waals surface area contributed by atoms with E-state index in [1.807, 2.05) is 55.5 Å². The van der Waals surface area contributed by atoms with Crippen molar-refractivity contribution < 1.29 is 0 Å². The van der Waals surface area contributed by atoms with Gasteiger partial charge in [0.25, 0.3) is 0 Å². The van der Waals surface area contributed by atoms with Crippen molar-refractivity contribution >= 4 is 28.9 Å². The van der Waals surface area contributed by atoms with Crippen molar-refractivity contribution in [3.8, 4) is 6.07 Å². The number of nitrogens with one attached hydrogen (secondary N) is 2. The number of hydrogen-bond acceptors (Lipinski definition) is 5. The highest BCUT2D eigenvalue weighted by Crippen LogP contribution is 2.21. The van der Waals surface area contributed by atoms with Gasteiger partial charge < -0.3 is 10.6 Å². The van der Waals surface area contributed by atoms with Gasteiger partial charge >= 0.3 is 0 Å².